The number of hydrogen-bond acceptors (Lipinski definition) is 2. The Balaban J connectivity index is 2.16. The zero-order valence-electron chi connectivity index (χ0n) is 22.5. The second kappa shape index (κ2) is 20.3. The van der Waals surface area contributed by atoms with E-state index in [1.165, 1.54) is 115 Å². The highest BCUT2D eigenvalue weighted by Crippen LogP contribution is 2.25. The van der Waals surface area contributed by atoms with Crippen molar-refractivity contribution in [2.75, 3.05) is 0 Å². The van der Waals surface area contributed by atoms with Crippen LogP contribution in [0.15, 0.2) is 11.6 Å². The van der Waals surface area contributed by atoms with Gasteiger partial charge in [-0.1, -0.05) is 135 Å². The number of likely N-dealkylation sites (tertiary alicyclic amines) is 1. The molecule has 0 aromatic carbocycles. The fourth-order valence-corrected chi connectivity index (χ4v) is 5.07. The van der Waals surface area contributed by atoms with E-state index < -0.39 is 0 Å². The fourth-order valence-electron chi connectivity index (χ4n) is 5.07. The summed E-state index contributed by atoms with van der Waals surface area (Å²) in [5, 5.41) is 0. The lowest BCUT2D eigenvalue weighted by Crippen LogP contribution is -2.40. The zero-order chi connectivity index (χ0) is 24.2. The van der Waals surface area contributed by atoms with Crippen molar-refractivity contribution in [3.63, 3.8) is 0 Å². The van der Waals surface area contributed by atoms with E-state index in [9.17, 15) is 9.59 Å². The molecule has 2 amide bonds. The van der Waals surface area contributed by atoms with E-state index in [1.807, 2.05) is 0 Å². The maximum atomic E-state index is 12.3. The summed E-state index contributed by atoms with van der Waals surface area (Å²) in [5.74, 6) is 0.0690. The van der Waals surface area contributed by atoms with Gasteiger partial charge < -0.3 is 0 Å². The van der Waals surface area contributed by atoms with Gasteiger partial charge in [0.25, 0.3) is 0 Å². The molecule has 1 aliphatic rings. The van der Waals surface area contributed by atoms with Gasteiger partial charge in [-0.2, -0.15) is 0 Å². The summed E-state index contributed by atoms with van der Waals surface area (Å²) in [6.45, 7) is 6.63. The molecule has 0 aromatic rings. The summed E-state index contributed by atoms with van der Waals surface area (Å²) in [4.78, 5) is 26.3. The fraction of sp³-hybridized carbons (Fsp3) is 0.867. The number of unbranched alkanes of at least 4 members (excludes halogenated alkanes) is 17. The van der Waals surface area contributed by atoms with E-state index in [4.69, 9.17) is 0 Å². The standard InChI is InChI=1S/C30H55NO2/c1-4-6-8-10-11-12-13-14-15-16-17-18-19-20-22-24-28(27(3)23-21-9-7-5-2)31-29(32)25-26-30(31)33/h23,28H,4-22,24-26H2,1-3H3/b27-23+. The highest BCUT2D eigenvalue weighted by atomic mass is 16.2. The van der Waals surface area contributed by atoms with E-state index in [2.05, 4.69) is 26.8 Å². The van der Waals surface area contributed by atoms with Crippen molar-refractivity contribution in [1.82, 2.24) is 4.90 Å². The molecule has 0 aliphatic carbocycles. The Bertz CT molecular complexity index is 523. The summed E-state index contributed by atoms with van der Waals surface area (Å²) in [6, 6.07) is -0.00361. The van der Waals surface area contributed by atoms with E-state index in [0.29, 0.717) is 12.8 Å². The van der Waals surface area contributed by atoms with Gasteiger partial charge in [0.15, 0.2) is 0 Å². The van der Waals surface area contributed by atoms with Gasteiger partial charge in [-0.25, -0.2) is 0 Å². The van der Waals surface area contributed by atoms with Gasteiger partial charge in [0, 0.05) is 12.8 Å². The van der Waals surface area contributed by atoms with Gasteiger partial charge in [0.1, 0.15) is 0 Å². The van der Waals surface area contributed by atoms with Crippen molar-refractivity contribution in [2.24, 2.45) is 0 Å². The smallest absolute Gasteiger partial charge is 0.230 e. The number of amides is 2. The maximum absolute atomic E-state index is 12.3. The molecule has 33 heavy (non-hydrogen) atoms. The zero-order valence-corrected chi connectivity index (χ0v) is 22.5. The number of hydrogen-bond donors (Lipinski definition) is 0. The molecule has 1 rings (SSSR count). The van der Waals surface area contributed by atoms with Gasteiger partial charge >= 0.3 is 0 Å². The normalized spacial score (nSPS) is 15.6. The van der Waals surface area contributed by atoms with Crippen LogP contribution in [0.1, 0.15) is 162 Å². The number of imide groups is 1. The van der Waals surface area contributed by atoms with Crippen molar-refractivity contribution in [3.8, 4) is 0 Å². The Morgan fingerprint density at radius 3 is 1.52 bits per heavy atom. The highest BCUT2D eigenvalue weighted by Gasteiger charge is 2.35. The topological polar surface area (TPSA) is 37.4 Å². The molecule has 1 atom stereocenters. The van der Waals surface area contributed by atoms with Crippen molar-refractivity contribution in [3.05, 3.63) is 11.6 Å². The Morgan fingerprint density at radius 2 is 1.06 bits per heavy atom. The van der Waals surface area contributed by atoms with Crippen LogP contribution in [-0.2, 0) is 9.59 Å². The summed E-state index contributed by atoms with van der Waals surface area (Å²) in [7, 11) is 0. The summed E-state index contributed by atoms with van der Waals surface area (Å²) in [5.41, 5.74) is 1.22. The molecule has 0 aromatic heterocycles. The molecule has 3 nitrogen and oxygen atoms in total. The van der Waals surface area contributed by atoms with Gasteiger partial charge in [-0.05, 0) is 26.2 Å². The van der Waals surface area contributed by atoms with Gasteiger partial charge in [0.2, 0.25) is 11.8 Å². The predicted molar refractivity (Wildman–Crippen MR) is 142 cm³/mol. The third-order valence-electron chi connectivity index (χ3n) is 7.28. The van der Waals surface area contributed by atoms with Gasteiger partial charge in [-0.3, -0.25) is 14.5 Å². The second-order valence-electron chi connectivity index (χ2n) is 10.4. The van der Waals surface area contributed by atoms with Crippen LogP contribution in [0.4, 0.5) is 0 Å². The van der Waals surface area contributed by atoms with Gasteiger partial charge in [0.05, 0.1) is 6.04 Å². The number of allylic oxidation sites excluding steroid dienone is 1. The molecule has 0 N–H and O–H groups in total. The number of carbonyl (C=O) groups excluding carboxylic acids is 2. The van der Waals surface area contributed by atoms with Crippen LogP contribution >= 0.6 is 0 Å². The molecule has 0 radical (unpaired) electrons. The molecule has 1 saturated heterocycles. The first-order valence-electron chi connectivity index (χ1n) is 14.6. The molecule has 0 spiro atoms. The number of carbonyl (C=O) groups is 2. The lowest BCUT2D eigenvalue weighted by Gasteiger charge is -2.27. The molecule has 1 unspecified atom stereocenters. The number of nitrogens with zero attached hydrogens (tertiary/aromatic N) is 1. The molecule has 192 valence electrons. The minimum absolute atomic E-state index is 0.00361. The monoisotopic (exact) mass is 461 g/mol. The van der Waals surface area contributed by atoms with Crippen molar-refractivity contribution >= 4 is 11.8 Å². The summed E-state index contributed by atoms with van der Waals surface area (Å²) < 4.78 is 0. The lowest BCUT2D eigenvalue weighted by molar-refractivity contribution is -0.140. The van der Waals surface area contributed by atoms with Crippen molar-refractivity contribution in [1.29, 1.82) is 0 Å². The minimum atomic E-state index is -0.00361. The van der Waals surface area contributed by atoms with Crippen molar-refractivity contribution < 1.29 is 9.59 Å². The molecule has 1 aliphatic heterocycles. The molecular weight excluding hydrogens is 406 g/mol. The molecule has 0 bridgehead atoms. The molecular formula is C30H55NO2. The Kier molecular flexibility index (Phi) is 18.4. The predicted octanol–water partition coefficient (Wildman–Crippen LogP) is 9.29. The lowest BCUT2D eigenvalue weighted by atomic mass is 9.97. The van der Waals surface area contributed by atoms with Crippen LogP contribution in [0.3, 0.4) is 0 Å². The average molecular weight is 462 g/mol. The van der Waals surface area contributed by atoms with E-state index in [-0.39, 0.29) is 17.9 Å². The first-order chi connectivity index (χ1) is 16.1. The van der Waals surface area contributed by atoms with E-state index in [0.717, 1.165) is 19.3 Å². The highest BCUT2D eigenvalue weighted by molar-refractivity contribution is 6.02. The Hall–Kier alpha value is -1.12. The first-order valence-corrected chi connectivity index (χ1v) is 14.6. The van der Waals surface area contributed by atoms with Crippen LogP contribution in [0.5, 0.6) is 0 Å². The number of rotatable bonds is 22. The van der Waals surface area contributed by atoms with Crippen LogP contribution in [-0.4, -0.2) is 22.8 Å². The van der Waals surface area contributed by atoms with E-state index in [1.54, 1.807) is 4.90 Å². The molecule has 0 saturated carbocycles. The van der Waals surface area contributed by atoms with E-state index >= 15 is 0 Å². The molecule has 1 heterocycles. The van der Waals surface area contributed by atoms with Crippen LogP contribution < -0.4 is 0 Å². The molecule has 1 fully saturated rings. The molecule has 3 heteroatoms. The second-order valence-corrected chi connectivity index (χ2v) is 10.4. The maximum Gasteiger partial charge on any atom is 0.230 e. The van der Waals surface area contributed by atoms with Gasteiger partial charge in [-0.15, -0.1) is 0 Å². The third-order valence-corrected chi connectivity index (χ3v) is 7.28. The quantitative estimate of drug-likeness (QED) is 0.0914. The third kappa shape index (κ3) is 14.0. The largest absolute Gasteiger partial charge is 0.275 e. The average Bonchev–Trinajstić information content (AvgIpc) is 3.14. The van der Waals surface area contributed by atoms with Crippen LogP contribution in [0.25, 0.3) is 0 Å². The first kappa shape index (κ1) is 29.9. The van der Waals surface area contributed by atoms with Crippen LogP contribution in [0, 0.1) is 0 Å². The Morgan fingerprint density at radius 1 is 0.667 bits per heavy atom. The minimum Gasteiger partial charge on any atom is -0.275 e. The SMILES string of the molecule is CCCCC/C=C(\C)C(CCCCCCCCCCCCCCCCC)N1C(=O)CCC1=O. The Labute approximate surface area is 206 Å². The van der Waals surface area contributed by atoms with Crippen LogP contribution in [0.2, 0.25) is 0 Å². The van der Waals surface area contributed by atoms with Crippen molar-refractivity contribution in [2.45, 2.75) is 168 Å². The summed E-state index contributed by atoms with van der Waals surface area (Å²) >= 11 is 0. The summed E-state index contributed by atoms with van der Waals surface area (Å²) in [6.07, 6.45) is 29.1.